The molecule has 1 aliphatic carbocycles. The van der Waals surface area contributed by atoms with Crippen LogP contribution in [-0.2, 0) is 0 Å². The fraction of sp³-hybridized carbons (Fsp3) is 1.00. The van der Waals surface area contributed by atoms with E-state index in [1.807, 2.05) is 0 Å². The van der Waals surface area contributed by atoms with Crippen molar-refractivity contribution in [3.8, 4) is 0 Å². The summed E-state index contributed by atoms with van der Waals surface area (Å²) in [5, 5.41) is 3.71. The second-order valence-electron chi connectivity index (χ2n) is 5.42. The van der Waals surface area contributed by atoms with Crippen molar-refractivity contribution >= 4 is 11.8 Å². The predicted molar refractivity (Wildman–Crippen MR) is 76.2 cm³/mol. The Labute approximate surface area is 106 Å². The lowest BCUT2D eigenvalue weighted by Gasteiger charge is -2.27. The second kappa shape index (κ2) is 8.41. The minimum atomic E-state index is 0.707. The van der Waals surface area contributed by atoms with E-state index < -0.39 is 0 Å². The molecule has 1 atom stereocenters. The molecule has 0 aliphatic heterocycles. The molecule has 0 radical (unpaired) electrons. The zero-order chi connectivity index (χ0) is 11.8. The van der Waals surface area contributed by atoms with Gasteiger partial charge >= 0.3 is 0 Å². The molecule has 0 bridgehead atoms. The molecular formula is C14H29NS. The van der Waals surface area contributed by atoms with Gasteiger partial charge in [-0.2, -0.15) is 11.8 Å². The lowest BCUT2D eigenvalue weighted by atomic mass is 9.83. The van der Waals surface area contributed by atoms with Crippen molar-refractivity contribution in [2.45, 2.75) is 58.9 Å². The standard InChI is InChI=1S/C14H29NS/c1-4-16-10-9-13(3)15-11-14-7-5-12(2)6-8-14/h12-15H,4-11H2,1-3H3. The monoisotopic (exact) mass is 243 g/mol. The van der Waals surface area contributed by atoms with Crippen LogP contribution in [0.2, 0.25) is 0 Å². The lowest BCUT2D eigenvalue weighted by Crippen LogP contribution is -2.33. The zero-order valence-electron chi connectivity index (χ0n) is 11.3. The highest BCUT2D eigenvalue weighted by Crippen LogP contribution is 2.27. The van der Waals surface area contributed by atoms with Crippen molar-refractivity contribution in [2.24, 2.45) is 11.8 Å². The molecule has 1 rings (SSSR count). The van der Waals surface area contributed by atoms with Crippen molar-refractivity contribution in [3.05, 3.63) is 0 Å². The second-order valence-corrected chi connectivity index (χ2v) is 6.81. The molecule has 1 saturated carbocycles. The van der Waals surface area contributed by atoms with Crippen LogP contribution in [0.5, 0.6) is 0 Å². The van der Waals surface area contributed by atoms with Gasteiger partial charge in [0.1, 0.15) is 0 Å². The number of rotatable bonds is 7. The fourth-order valence-corrected chi connectivity index (χ4v) is 3.22. The first-order valence-electron chi connectivity index (χ1n) is 7.03. The predicted octanol–water partition coefficient (Wildman–Crippen LogP) is 3.93. The minimum absolute atomic E-state index is 0.707. The van der Waals surface area contributed by atoms with E-state index in [4.69, 9.17) is 0 Å². The molecule has 0 aromatic rings. The van der Waals surface area contributed by atoms with Crippen LogP contribution in [0, 0.1) is 11.8 Å². The minimum Gasteiger partial charge on any atom is -0.314 e. The van der Waals surface area contributed by atoms with E-state index in [0.29, 0.717) is 6.04 Å². The van der Waals surface area contributed by atoms with Gasteiger partial charge < -0.3 is 5.32 Å². The summed E-state index contributed by atoms with van der Waals surface area (Å²) >= 11 is 2.06. The summed E-state index contributed by atoms with van der Waals surface area (Å²) in [6.07, 6.45) is 7.12. The molecule has 0 saturated heterocycles. The van der Waals surface area contributed by atoms with Gasteiger partial charge in [0.05, 0.1) is 0 Å². The van der Waals surface area contributed by atoms with Crippen LogP contribution in [0.3, 0.4) is 0 Å². The van der Waals surface area contributed by atoms with Crippen molar-refractivity contribution in [2.75, 3.05) is 18.1 Å². The summed E-state index contributed by atoms with van der Waals surface area (Å²) in [5.41, 5.74) is 0. The molecule has 0 heterocycles. The maximum atomic E-state index is 3.71. The third kappa shape index (κ3) is 6.15. The topological polar surface area (TPSA) is 12.0 Å². The maximum Gasteiger partial charge on any atom is 0.00466 e. The lowest BCUT2D eigenvalue weighted by molar-refractivity contribution is 0.275. The third-order valence-corrected chi connectivity index (χ3v) is 4.72. The summed E-state index contributed by atoms with van der Waals surface area (Å²) in [7, 11) is 0. The third-order valence-electron chi connectivity index (χ3n) is 3.79. The van der Waals surface area contributed by atoms with Crippen LogP contribution in [0.15, 0.2) is 0 Å². The first-order chi connectivity index (χ1) is 7.72. The summed E-state index contributed by atoms with van der Waals surface area (Å²) in [6.45, 7) is 8.23. The maximum absolute atomic E-state index is 3.71. The van der Waals surface area contributed by atoms with Crippen molar-refractivity contribution < 1.29 is 0 Å². The van der Waals surface area contributed by atoms with Gasteiger partial charge in [-0.3, -0.25) is 0 Å². The smallest absolute Gasteiger partial charge is 0.00466 e. The molecule has 0 amide bonds. The molecule has 0 aromatic heterocycles. The van der Waals surface area contributed by atoms with Crippen LogP contribution < -0.4 is 5.32 Å². The highest BCUT2D eigenvalue weighted by atomic mass is 32.2. The Balaban J connectivity index is 2.00. The van der Waals surface area contributed by atoms with E-state index in [1.54, 1.807) is 0 Å². The molecule has 1 nitrogen and oxygen atoms in total. The molecule has 16 heavy (non-hydrogen) atoms. The molecule has 96 valence electrons. The van der Waals surface area contributed by atoms with Gasteiger partial charge in [0, 0.05) is 6.04 Å². The van der Waals surface area contributed by atoms with Crippen LogP contribution in [0.4, 0.5) is 0 Å². The average Bonchev–Trinajstić information content (AvgIpc) is 2.29. The molecule has 1 N–H and O–H groups in total. The van der Waals surface area contributed by atoms with E-state index in [2.05, 4.69) is 37.8 Å². The Morgan fingerprint density at radius 3 is 2.56 bits per heavy atom. The van der Waals surface area contributed by atoms with Gasteiger partial charge in [-0.05, 0) is 56.1 Å². The van der Waals surface area contributed by atoms with E-state index in [9.17, 15) is 0 Å². The van der Waals surface area contributed by atoms with Crippen LogP contribution >= 0.6 is 11.8 Å². The summed E-state index contributed by atoms with van der Waals surface area (Å²) < 4.78 is 0. The fourth-order valence-electron chi connectivity index (χ4n) is 2.41. The Hall–Kier alpha value is 0.310. The first-order valence-corrected chi connectivity index (χ1v) is 8.19. The van der Waals surface area contributed by atoms with Crippen molar-refractivity contribution in [1.29, 1.82) is 0 Å². The molecule has 1 aliphatic rings. The van der Waals surface area contributed by atoms with E-state index >= 15 is 0 Å². The van der Waals surface area contributed by atoms with E-state index in [0.717, 1.165) is 11.8 Å². The average molecular weight is 243 g/mol. The molecule has 0 spiro atoms. The molecular weight excluding hydrogens is 214 g/mol. The van der Waals surface area contributed by atoms with Gasteiger partial charge in [0.2, 0.25) is 0 Å². The van der Waals surface area contributed by atoms with Crippen LogP contribution in [0.25, 0.3) is 0 Å². The van der Waals surface area contributed by atoms with Gasteiger partial charge in [-0.25, -0.2) is 0 Å². The van der Waals surface area contributed by atoms with Crippen molar-refractivity contribution in [3.63, 3.8) is 0 Å². The Morgan fingerprint density at radius 1 is 1.25 bits per heavy atom. The number of hydrogen-bond acceptors (Lipinski definition) is 2. The zero-order valence-corrected chi connectivity index (χ0v) is 12.1. The Morgan fingerprint density at radius 2 is 1.94 bits per heavy atom. The van der Waals surface area contributed by atoms with Crippen molar-refractivity contribution in [1.82, 2.24) is 5.32 Å². The van der Waals surface area contributed by atoms with Crippen LogP contribution in [-0.4, -0.2) is 24.1 Å². The summed E-state index contributed by atoms with van der Waals surface area (Å²) in [6, 6.07) is 0.707. The van der Waals surface area contributed by atoms with E-state index in [1.165, 1.54) is 50.2 Å². The highest BCUT2D eigenvalue weighted by Gasteiger charge is 2.18. The molecule has 1 unspecified atom stereocenters. The van der Waals surface area contributed by atoms with Gasteiger partial charge in [-0.1, -0.05) is 26.7 Å². The number of nitrogens with one attached hydrogen (secondary N) is 1. The van der Waals surface area contributed by atoms with E-state index in [-0.39, 0.29) is 0 Å². The van der Waals surface area contributed by atoms with Crippen LogP contribution in [0.1, 0.15) is 52.9 Å². The Kier molecular flexibility index (Phi) is 7.55. The molecule has 0 aromatic carbocycles. The van der Waals surface area contributed by atoms with Gasteiger partial charge in [-0.15, -0.1) is 0 Å². The quantitative estimate of drug-likeness (QED) is 0.680. The highest BCUT2D eigenvalue weighted by molar-refractivity contribution is 7.99. The summed E-state index contributed by atoms with van der Waals surface area (Å²) in [4.78, 5) is 0. The van der Waals surface area contributed by atoms with Gasteiger partial charge in [0.15, 0.2) is 0 Å². The Bertz CT molecular complexity index is 164. The van der Waals surface area contributed by atoms with Gasteiger partial charge in [0.25, 0.3) is 0 Å². The normalized spacial score (nSPS) is 27.9. The largest absolute Gasteiger partial charge is 0.314 e. The SMILES string of the molecule is CCSCCC(C)NCC1CCC(C)CC1. The first kappa shape index (κ1) is 14.4. The number of hydrogen-bond donors (Lipinski definition) is 1. The molecule has 2 heteroatoms. The molecule has 1 fully saturated rings. The summed E-state index contributed by atoms with van der Waals surface area (Å²) in [5.74, 6) is 4.51. The number of thioether (sulfide) groups is 1.